The number of anilines is 1. The molecule has 1 heterocycles. The molecule has 0 bridgehead atoms. The molecule has 0 saturated heterocycles. The molecule has 2 aromatic rings. The van der Waals surface area contributed by atoms with Crippen molar-refractivity contribution in [1.29, 1.82) is 0 Å². The van der Waals surface area contributed by atoms with E-state index in [-0.39, 0.29) is 0 Å². The van der Waals surface area contributed by atoms with Crippen molar-refractivity contribution < 1.29 is 14.3 Å². The maximum Gasteiger partial charge on any atom is 0.299 e. The number of unbranched alkanes of at least 4 members (excludes halogenated alkanes) is 1. The van der Waals surface area contributed by atoms with Gasteiger partial charge in [0, 0.05) is 6.54 Å². The summed E-state index contributed by atoms with van der Waals surface area (Å²) in [6.07, 6.45) is 1.62. The van der Waals surface area contributed by atoms with Crippen LogP contribution >= 0.6 is 0 Å². The molecule has 23 heavy (non-hydrogen) atoms. The SMILES string of the molecule is Cc1cccc2c1N(CCCCOc1ccccc1)C(=O)C2=O. The molecule has 118 valence electrons. The summed E-state index contributed by atoms with van der Waals surface area (Å²) in [5.74, 6) is 0.0311. The van der Waals surface area contributed by atoms with Gasteiger partial charge in [0.1, 0.15) is 5.75 Å². The van der Waals surface area contributed by atoms with E-state index in [1.807, 2.05) is 49.4 Å². The summed E-state index contributed by atoms with van der Waals surface area (Å²) in [6, 6.07) is 15.1. The Hall–Kier alpha value is -2.62. The van der Waals surface area contributed by atoms with Crippen LogP contribution in [0.1, 0.15) is 28.8 Å². The molecule has 0 N–H and O–H groups in total. The molecular weight excluding hydrogens is 290 g/mol. The van der Waals surface area contributed by atoms with Crippen LogP contribution < -0.4 is 9.64 Å². The lowest BCUT2D eigenvalue weighted by molar-refractivity contribution is -0.114. The lowest BCUT2D eigenvalue weighted by Gasteiger charge is -2.18. The van der Waals surface area contributed by atoms with E-state index in [4.69, 9.17) is 4.74 Å². The van der Waals surface area contributed by atoms with Crippen LogP contribution in [0.15, 0.2) is 48.5 Å². The van der Waals surface area contributed by atoms with Crippen LogP contribution in [0.4, 0.5) is 5.69 Å². The molecule has 4 heteroatoms. The molecule has 0 saturated carbocycles. The van der Waals surface area contributed by atoms with Gasteiger partial charge in [-0.2, -0.15) is 0 Å². The minimum atomic E-state index is -0.418. The molecular formula is C19H19NO3. The topological polar surface area (TPSA) is 46.6 Å². The Kier molecular flexibility index (Phi) is 4.42. The average Bonchev–Trinajstić information content (AvgIpc) is 2.82. The largest absolute Gasteiger partial charge is 0.494 e. The molecule has 0 radical (unpaired) electrons. The fourth-order valence-electron chi connectivity index (χ4n) is 2.83. The Morgan fingerprint density at radius 1 is 0.957 bits per heavy atom. The van der Waals surface area contributed by atoms with Gasteiger partial charge in [-0.1, -0.05) is 30.3 Å². The minimum absolute atomic E-state index is 0.399. The van der Waals surface area contributed by atoms with Crippen LogP contribution in [0.25, 0.3) is 0 Å². The lowest BCUT2D eigenvalue weighted by Crippen LogP contribution is -2.31. The first-order valence-corrected chi connectivity index (χ1v) is 7.82. The molecule has 0 spiro atoms. The van der Waals surface area contributed by atoms with Gasteiger partial charge in [0.15, 0.2) is 0 Å². The zero-order valence-electron chi connectivity index (χ0n) is 13.1. The van der Waals surface area contributed by atoms with Crippen molar-refractivity contribution in [3.8, 4) is 5.75 Å². The van der Waals surface area contributed by atoms with Gasteiger partial charge in [-0.3, -0.25) is 9.59 Å². The number of carbonyl (C=O) groups excluding carboxylic acids is 2. The van der Waals surface area contributed by atoms with Crippen molar-refractivity contribution in [3.05, 3.63) is 59.7 Å². The fourth-order valence-corrected chi connectivity index (χ4v) is 2.83. The number of fused-ring (bicyclic) bond motifs is 1. The Morgan fingerprint density at radius 3 is 2.52 bits per heavy atom. The second kappa shape index (κ2) is 6.65. The van der Waals surface area contributed by atoms with Crippen molar-refractivity contribution in [2.24, 2.45) is 0 Å². The van der Waals surface area contributed by atoms with E-state index < -0.39 is 11.7 Å². The normalized spacial score (nSPS) is 13.3. The Bertz CT molecular complexity index is 725. The molecule has 1 amide bonds. The number of nitrogens with zero attached hydrogens (tertiary/aromatic N) is 1. The third kappa shape index (κ3) is 3.11. The number of rotatable bonds is 6. The summed E-state index contributed by atoms with van der Waals surface area (Å²) in [5, 5.41) is 0. The van der Waals surface area contributed by atoms with E-state index in [1.54, 1.807) is 11.0 Å². The number of Topliss-reactive ketones (excluding diaryl/α,β-unsaturated/α-hetero) is 1. The number of hydrogen-bond acceptors (Lipinski definition) is 3. The van der Waals surface area contributed by atoms with E-state index in [0.717, 1.165) is 29.8 Å². The highest BCUT2D eigenvalue weighted by atomic mass is 16.5. The first-order chi connectivity index (χ1) is 11.2. The van der Waals surface area contributed by atoms with E-state index in [0.29, 0.717) is 18.7 Å². The molecule has 0 aromatic heterocycles. The van der Waals surface area contributed by atoms with E-state index in [2.05, 4.69) is 0 Å². The first kappa shape index (κ1) is 15.3. The first-order valence-electron chi connectivity index (χ1n) is 7.82. The molecule has 2 aromatic carbocycles. The molecule has 1 aliphatic rings. The predicted octanol–water partition coefficient (Wildman–Crippen LogP) is 3.38. The van der Waals surface area contributed by atoms with Gasteiger partial charge in [-0.05, 0) is 43.5 Å². The highest BCUT2D eigenvalue weighted by Crippen LogP contribution is 2.32. The smallest absolute Gasteiger partial charge is 0.299 e. The Morgan fingerprint density at radius 2 is 1.74 bits per heavy atom. The number of ketones is 1. The zero-order chi connectivity index (χ0) is 16.2. The monoisotopic (exact) mass is 309 g/mol. The quantitative estimate of drug-likeness (QED) is 0.607. The van der Waals surface area contributed by atoms with Crippen LogP contribution in [0.5, 0.6) is 5.75 Å². The summed E-state index contributed by atoms with van der Waals surface area (Å²) in [5.41, 5.74) is 2.25. The average molecular weight is 309 g/mol. The maximum atomic E-state index is 12.1. The van der Waals surface area contributed by atoms with Gasteiger partial charge in [-0.25, -0.2) is 0 Å². The van der Waals surface area contributed by atoms with Crippen LogP contribution in [0.2, 0.25) is 0 Å². The third-order valence-corrected chi connectivity index (χ3v) is 3.98. The summed E-state index contributed by atoms with van der Waals surface area (Å²) < 4.78 is 5.64. The van der Waals surface area contributed by atoms with Crippen LogP contribution in [-0.4, -0.2) is 24.8 Å². The molecule has 0 atom stereocenters. The minimum Gasteiger partial charge on any atom is -0.494 e. The van der Waals surface area contributed by atoms with Crippen LogP contribution in [0, 0.1) is 6.92 Å². The van der Waals surface area contributed by atoms with Gasteiger partial charge >= 0.3 is 0 Å². The van der Waals surface area contributed by atoms with Gasteiger partial charge < -0.3 is 9.64 Å². The Labute approximate surface area is 135 Å². The molecule has 0 fully saturated rings. The molecule has 1 aliphatic heterocycles. The van der Waals surface area contributed by atoms with Crippen molar-refractivity contribution in [3.63, 3.8) is 0 Å². The van der Waals surface area contributed by atoms with Gasteiger partial charge in [0.2, 0.25) is 0 Å². The summed E-state index contributed by atoms with van der Waals surface area (Å²) in [7, 11) is 0. The number of para-hydroxylation sites is 2. The fraction of sp³-hybridized carbons (Fsp3) is 0.263. The van der Waals surface area contributed by atoms with Gasteiger partial charge in [-0.15, -0.1) is 0 Å². The number of ether oxygens (including phenoxy) is 1. The molecule has 4 nitrogen and oxygen atoms in total. The van der Waals surface area contributed by atoms with Gasteiger partial charge in [0.25, 0.3) is 11.7 Å². The molecule has 0 unspecified atom stereocenters. The second-order valence-electron chi connectivity index (χ2n) is 5.63. The number of carbonyl (C=O) groups is 2. The second-order valence-corrected chi connectivity index (χ2v) is 5.63. The summed E-state index contributed by atoms with van der Waals surface area (Å²) in [4.78, 5) is 25.8. The van der Waals surface area contributed by atoms with Crippen molar-refractivity contribution >= 4 is 17.4 Å². The summed E-state index contributed by atoms with van der Waals surface area (Å²) in [6.45, 7) is 3.07. The summed E-state index contributed by atoms with van der Waals surface area (Å²) >= 11 is 0. The van der Waals surface area contributed by atoms with E-state index >= 15 is 0 Å². The molecule has 3 rings (SSSR count). The van der Waals surface area contributed by atoms with Gasteiger partial charge in [0.05, 0.1) is 17.9 Å². The highest BCUT2D eigenvalue weighted by molar-refractivity contribution is 6.52. The highest BCUT2D eigenvalue weighted by Gasteiger charge is 2.36. The van der Waals surface area contributed by atoms with E-state index in [9.17, 15) is 9.59 Å². The third-order valence-electron chi connectivity index (χ3n) is 3.98. The van der Waals surface area contributed by atoms with Crippen molar-refractivity contribution in [1.82, 2.24) is 0 Å². The van der Waals surface area contributed by atoms with E-state index in [1.165, 1.54) is 0 Å². The van der Waals surface area contributed by atoms with Crippen molar-refractivity contribution in [2.75, 3.05) is 18.1 Å². The number of benzene rings is 2. The van der Waals surface area contributed by atoms with Crippen LogP contribution in [-0.2, 0) is 4.79 Å². The standard InChI is InChI=1S/C19H19NO3/c1-14-8-7-11-16-17(14)20(19(22)18(16)21)12-5-6-13-23-15-9-3-2-4-10-15/h2-4,7-11H,5-6,12-13H2,1H3. The van der Waals surface area contributed by atoms with Crippen LogP contribution in [0.3, 0.4) is 0 Å². The number of hydrogen-bond donors (Lipinski definition) is 0. The maximum absolute atomic E-state index is 12.1. The number of amides is 1. The molecule has 0 aliphatic carbocycles. The number of aryl methyl sites for hydroxylation is 1. The Balaban J connectivity index is 1.55. The van der Waals surface area contributed by atoms with Crippen molar-refractivity contribution in [2.45, 2.75) is 19.8 Å². The lowest BCUT2D eigenvalue weighted by atomic mass is 10.1. The predicted molar refractivity (Wildman–Crippen MR) is 89.0 cm³/mol. The zero-order valence-corrected chi connectivity index (χ0v) is 13.1.